The van der Waals surface area contributed by atoms with E-state index in [0.717, 1.165) is 5.56 Å². The van der Waals surface area contributed by atoms with Gasteiger partial charge in [0.1, 0.15) is 0 Å². The van der Waals surface area contributed by atoms with E-state index in [4.69, 9.17) is 5.26 Å². The number of thioether (sulfide) groups is 1. The van der Waals surface area contributed by atoms with Crippen LogP contribution in [0.3, 0.4) is 0 Å². The van der Waals surface area contributed by atoms with Crippen molar-refractivity contribution in [2.75, 3.05) is 5.75 Å². The lowest BCUT2D eigenvalue weighted by molar-refractivity contribution is 0.549. The fourth-order valence-electron chi connectivity index (χ4n) is 2.55. The van der Waals surface area contributed by atoms with Crippen LogP contribution >= 0.6 is 11.8 Å². The summed E-state index contributed by atoms with van der Waals surface area (Å²) in [7, 11) is 0. The highest BCUT2D eigenvalue weighted by molar-refractivity contribution is 7.99. The predicted octanol–water partition coefficient (Wildman–Crippen LogP) is 3.62. The molecule has 0 bridgehead atoms. The van der Waals surface area contributed by atoms with Gasteiger partial charge >= 0.3 is 0 Å². The Kier molecular flexibility index (Phi) is 4.45. The number of aromatic nitrogens is 2. The van der Waals surface area contributed by atoms with Gasteiger partial charge in [0.25, 0.3) is 5.56 Å². The van der Waals surface area contributed by atoms with Crippen molar-refractivity contribution in [1.82, 2.24) is 9.55 Å². The Morgan fingerprint density at radius 3 is 2.61 bits per heavy atom. The molecule has 0 N–H and O–H groups in total. The third-order valence-electron chi connectivity index (χ3n) is 3.71. The van der Waals surface area contributed by atoms with Crippen molar-refractivity contribution in [1.29, 1.82) is 5.26 Å². The number of nitriles is 1. The first-order valence-corrected chi connectivity index (χ1v) is 8.27. The minimum Gasteiger partial charge on any atom is -0.280 e. The fourth-order valence-corrected chi connectivity index (χ4v) is 3.28. The second-order valence-electron chi connectivity index (χ2n) is 5.12. The zero-order valence-corrected chi connectivity index (χ0v) is 13.5. The van der Waals surface area contributed by atoms with Crippen LogP contribution in [0.1, 0.15) is 18.5 Å². The van der Waals surface area contributed by atoms with Crippen LogP contribution in [0.15, 0.2) is 64.5 Å². The zero-order valence-electron chi connectivity index (χ0n) is 12.6. The van der Waals surface area contributed by atoms with Gasteiger partial charge < -0.3 is 0 Å². The Bertz CT molecular complexity index is 928. The average molecular weight is 321 g/mol. The van der Waals surface area contributed by atoms with Gasteiger partial charge in [-0.3, -0.25) is 9.36 Å². The van der Waals surface area contributed by atoms with Crippen LogP contribution in [-0.2, 0) is 0 Å². The van der Waals surface area contributed by atoms with Gasteiger partial charge in [-0.05, 0) is 24.6 Å². The molecule has 23 heavy (non-hydrogen) atoms. The first-order chi connectivity index (χ1) is 11.2. The SMILES string of the molecule is CC(c1ccccc1)n1c(SCC#N)nc2ccccc2c1=O. The van der Waals surface area contributed by atoms with Gasteiger partial charge in [0.2, 0.25) is 0 Å². The Balaban J connectivity index is 2.22. The van der Waals surface area contributed by atoms with Crippen LogP contribution in [0.2, 0.25) is 0 Å². The number of hydrogen-bond donors (Lipinski definition) is 0. The highest BCUT2D eigenvalue weighted by atomic mass is 32.2. The summed E-state index contributed by atoms with van der Waals surface area (Å²) >= 11 is 1.29. The van der Waals surface area contributed by atoms with E-state index in [-0.39, 0.29) is 17.4 Å². The largest absolute Gasteiger partial charge is 0.280 e. The summed E-state index contributed by atoms with van der Waals surface area (Å²) in [6.45, 7) is 1.98. The summed E-state index contributed by atoms with van der Waals surface area (Å²) in [5.41, 5.74) is 1.62. The van der Waals surface area contributed by atoms with E-state index in [1.165, 1.54) is 11.8 Å². The van der Waals surface area contributed by atoms with Crippen molar-refractivity contribution in [2.45, 2.75) is 18.1 Å². The van der Waals surface area contributed by atoms with Gasteiger partial charge in [-0.2, -0.15) is 5.26 Å². The molecule has 0 aliphatic carbocycles. The van der Waals surface area contributed by atoms with Crippen molar-refractivity contribution in [3.63, 3.8) is 0 Å². The van der Waals surface area contributed by atoms with Gasteiger partial charge in [-0.25, -0.2) is 4.98 Å². The standard InChI is InChI=1S/C18H15N3OS/c1-13(14-7-3-2-4-8-14)21-17(22)15-9-5-6-10-16(15)20-18(21)23-12-11-19/h2-10,13H,12H2,1H3. The van der Waals surface area contributed by atoms with Crippen LogP contribution in [0.4, 0.5) is 0 Å². The van der Waals surface area contributed by atoms with Gasteiger partial charge in [-0.15, -0.1) is 0 Å². The normalized spacial score (nSPS) is 12.0. The van der Waals surface area contributed by atoms with Gasteiger partial charge in [-0.1, -0.05) is 54.2 Å². The van der Waals surface area contributed by atoms with E-state index in [9.17, 15) is 4.79 Å². The Labute approximate surface area is 138 Å². The van der Waals surface area contributed by atoms with E-state index in [1.807, 2.05) is 55.5 Å². The number of benzene rings is 2. The molecule has 0 amide bonds. The molecule has 0 fully saturated rings. The Morgan fingerprint density at radius 1 is 1.17 bits per heavy atom. The lowest BCUT2D eigenvalue weighted by atomic mass is 10.1. The van der Waals surface area contributed by atoms with Crippen LogP contribution in [0.5, 0.6) is 0 Å². The van der Waals surface area contributed by atoms with E-state index >= 15 is 0 Å². The molecule has 2 aromatic carbocycles. The van der Waals surface area contributed by atoms with Gasteiger partial charge in [0.05, 0.1) is 28.8 Å². The number of nitrogens with zero attached hydrogens (tertiary/aromatic N) is 3. The molecular weight excluding hydrogens is 306 g/mol. The minimum absolute atomic E-state index is 0.0765. The molecular formula is C18H15N3OS. The zero-order chi connectivity index (χ0) is 16.2. The van der Waals surface area contributed by atoms with Crippen molar-refractivity contribution in [2.24, 2.45) is 0 Å². The first-order valence-electron chi connectivity index (χ1n) is 7.28. The van der Waals surface area contributed by atoms with Crippen molar-refractivity contribution < 1.29 is 0 Å². The summed E-state index contributed by atoms with van der Waals surface area (Å²) in [5.74, 6) is 0.256. The first kappa shape index (κ1) is 15.3. The van der Waals surface area contributed by atoms with E-state index in [0.29, 0.717) is 16.1 Å². The average Bonchev–Trinajstić information content (AvgIpc) is 2.60. The molecule has 3 aromatic rings. The third kappa shape index (κ3) is 2.99. The van der Waals surface area contributed by atoms with E-state index < -0.39 is 0 Å². The van der Waals surface area contributed by atoms with Gasteiger partial charge in [0, 0.05) is 0 Å². The van der Waals surface area contributed by atoms with Crippen LogP contribution < -0.4 is 5.56 Å². The molecule has 0 saturated carbocycles. The fraction of sp³-hybridized carbons (Fsp3) is 0.167. The lowest BCUT2D eigenvalue weighted by Gasteiger charge is -2.19. The highest BCUT2D eigenvalue weighted by Gasteiger charge is 2.17. The maximum absolute atomic E-state index is 13.0. The molecule has 1 aromatic heterocycles. The maximum Gasteiger partial charge on any atom is 0.262 e. The lowest BCUT2D eigenvalue weighted by Crippen LogP contribution is -2.27. The molecule has 3 rings (SSSR count). The number of rotatable bonds is 4. The van der Waals surface area contributed by atoms with Crippen LogP contribution in [0.25, 0.3) is 10.9 Å². The maximum atomic E-state index is 13.0. The number of para-hydroxylation sites is 1. The summed E-state index contributed by atoms with van der Waals surface area (Å²) in [6, 6.07) is 19.1. The number of fused-ring (bicyclic) bond motifs is 1. The molecule has 1 unspecified atom stereocenters. The molecule has 0 radical (unpaired) electrons. The van der Waals surface area contributed by atoms with Crippen LogP contribution in [-0.4, -0.2) is 15.3 Å². The molecule has 5 heteroatoms. The molecule has 0 aliphatic rings. The predicted molar refractivity (Wildman–Crippen MR) is 92.6 cm³/mol. The minimum atomic E-state index is -0.151. The quantitative estimate of drug-likeness (QED) is 0.544. The molecule has 4 nitrogen and oxygen atoms in total. The molecule has 0 spiro atoms. The Hall–Kier alpha value is -2.58. The molecule has 1 atom stereocenters. The topological polar surface area (TPSA) is 58.7 Å². The van der Waals surface area contributed by atoms with Crippen LogP contribution in [0, 0.1) is 11.3 Å². The smallest absolute Gasteiger partial charge is 0.262 e. The van der Waals surface area contributed by atoms with Crippen molar-refractivity contribution in [3.05, 3.63) is 70.5 Å². The molecule has 1 heterocycles. The van der Waals surface area contributed by atoms with E-state index in [1.54, 1.807) is 10.6 Å². The molecule has 114 valence electrons. The van der Waals surface area contributed by atoms with Crippen molar-refractivity contribution in [3.8, 4) is 6.07 Å². The monoisotopic (exact) mass is 321 g/mol. The van der Waals surface area contributed by atoms with E-state index in [2.05, 4.69) is 11.1 Å². The third-order valence-corrected chi connectivity index (χ3v) is 4.53. The number of hydrogen-bond acceptors (Lipinski definition) is 4. The molecule has 0 saturated heterocycles. The summed E-state index contributed by atoms with van der Waals surface area (Å²) < 4.78 is 1.68. The highest BCUT2D eigenvalue weighted by Crippen LogP contribution is 2.24. The van der Waals surface area contributed by atoms with Crippen molar-refractivity contribution >= 4 is 22.7 Å². The summed E-state index contributed by atoms with van der Waals surface area (Å²) in [5, 5.41) is 10.0. The summed E-state index contributed by atoms with van der Waals surface area (Å²) in [6.07, 6.45) is 0. The second-order valence-corrected chi connectivity index (χ2v) is 6.06. The summed E-state index contributed by atoms with van der Waals surface area (Å²) in [4.78, 5) is 17.5. The Morgan fingerprint density at radius 2 is 1.87 bits per heavy atom. The van der Waals surface area contributed by atoms with Gasteiger partial charge in [0.15, 0.2) is 5.16 Å². The second kappa shape index (κ2) is 6.67. The molecule has 0 aliphatic heterocycles.